The Kier molecular flexibility index (Phi) is 5.96. The number of hydrogen-bond acceptors (Lipinski definition) is 5. The van der Waals surface area contributed by atoms with E-state index in [1.165, 1.54) is 4.90 Å². The molecule has 0 bridgehead atoms. The summed E-state index contributed by atoms with van der Waals surface area (Å²) in [6, 6.07) is 14.1. The van der Waals surface area contributed by atoms with Gasteiger partial charge in [-0.1, -0.05) is 48.8 Å². The molecule has 0 fully saturated rings. The number of carbonyl (C=O) groups is 1. The average Bonchev–Trinajstić information content (AvgIpc) is 3.03. The number of thioether (sulfide) groups is 1. The Bertz CT molecular complexity index is 933. The van der Waals surface area contributed by atoms with Crippen LogP contribution in [-0.4, -0.2) is 21.4 Å². The molecule has 0 atom stereocenters. The maximum atomic E-state index is 12.4. The highest BCUT2D eigenvalue weighted by atomic mass is 32.2. The molecule has 1 aromatic heterocycles. The molecule has 0 spiro atoms. The minimum absolute atomic E-state index is 0.113. The zero-order valence-electron chi connectivity index (χ0n) is 15.9. The van der Waals surface area contributed by atoms with Crippen molar-refractivity contribution >= 4 is 23.7 Å². The maximum absolute atomic E-state index is 12.4. The van der Waals surface area contributed by atoms with Crippen molar-refractivity contribution in [3.8, 4) is 0 Å². The molecule has 27 heavy (non-hydrogen) atoms. The van der Waals surface area contributed by atoms with E-state index in [9.17, 15) is 4.79 Å². The van der Waals surface area contributed by atoms with Crippen LogP contribution in [-0.2, 0) is 6.42 Å². The second-order valence-corrected chi connectivity index (χ2v) is 8.41. The molecular formula is C21H23N3O2S. The summed E-state index contributed by atoms with van der Waals surface area (Å²) >= 11 is 1.83. The molecule has 0 aliphatic heterocycles. The minimum atomic E-state index is -0.252. The van der Waals surface area contributed by atoms with Gasteiger partial charge in [-0.25, -0.2) is 0 Å². The van der Waals surface area contributed by atoms with Crippen LogP contribution in [0.25, 0.3) is 0 Å². The number of hydrogen-bond donors (Lipinski definition) is 1. The molecule has 1 amide bonds. The number of aryl methyl sites for hydroxylation is 2. The van der Waals surface area contributed by atoms with E-state index in [-0.39, 0.29) is 11.9 Å². The van der Waals surface area contributed by atoms with Crippen LogP contribution in [0.2, 0.25) is 0 Å². The largest absolute Gasteiger partial charge is 0.407 e. The van der Waals surface area contributed by atoms with Crippen LogP contribution in [0.3, 0.4) is 0 Å². The summed E-state index contributed by atoms with van der Waals surface area (Å²) in [4.78, 5) is 13.6. The Hall–Kier alpha value is -2.60. The van der Waals surface area contributed by atoms with E-state index in [4.69, 9.17) is 4.42 Å². The van der Waals surface area contributed by atoms with Crippen molar-refractivity contribution in [2.45, 2.75) is 44.3 Å². The van der Waals surface area contributed by atoms with Gasteiger partial charge in [-0.05, 0) is 43.2 Å². The lowest BCUT2D eigenvalue weighted by molar-refractivity contribution is 0.102. The number of nitrogens with one attached hydrogen (secondary N) is 1. The minimum Gasteiger partial charge on any atom is -0.407 e. The Balaban J connectivity index is 1.63. The van der Waals surface area contributed by atoms with Gasteiger partial charge < -0.3 is 4.42 Å². The molecule has 0 aliphatic rings. The molecule has 6 heteroatoms. The molecule has 0 saturated carbocycles. The Morgan fingerprint density at radius 1 is 1.11 bits per heavy atom. The topological polar surface area (TPSA) is 68.0 Å². The van der Waals surface area contributed by atoms with Crippen LogP contribution in [0.5, 0.6) is 0 Å². The first-order valence-corrected chi connectivity index (χ1v) is 9.75. The Morgan fingerprint density at radius 3 is 2.52 bits per heavy atom. The third kappa shape index (κ3) is 5.20. The lowest BCUT2D eigenvalue weighted by Crippen LogP contribution is -2.13. The van der Waals surface area contributed by atoms with Gasteiger partial charge in [0.15, 0.2) is 0 Å². The van der Waals surface area contributed by atoms with E-state index in [0.29, 0.717) is 23.1 Å². The molecule has 3 rings (SSSR count). The molecule has 1 heterocycles. The van der Waals surface area contributed by atoms with Crippen LogP contribution < -0.4 is 5.32 Å². The van der Waals surface area contributed by atoms with E-state index in [1.54, 1.807) is 6.07 Å². The first kappa shape index (κ1) is 19.2. The van der Waals surface area contributed by atoms with Gasteiger partial charge >= 0.3 is 6.01 Å². The molecule has 0 saturated heterocycles. The number of anilines is 1. The molecule has 0 radical (unpaired) electrons. The highest BCUT2D eigenvalue weighted by Crippen LogP contribution is 2.23. The van der Waals surface area contributed by atoms with Gasteiger partial charge in [-0.15, -0.1) is 16.9 Å². The highest BCUT2D eigenvalue weighted by Gasteiger charge is 2.14. The lowest BCUT2D eigenvalue weighted by atomic mass is 10.1. The maximum Gasteiger partial charge on any atom is 0.322 e. The number of nitrogens with zero attached hydrogens (tertiary/aromatic N) is 2. The monoisotopic (exact) mass is 381 g/mol. The smallest absolute Gasteiger partial charge is 0.322 e. The third-order valence-corrected chi connectivity index (χ3v) is 4.98. The fourth-order valence-electron chi connectivity index (χ4n) is 2.74. The van der Waals surface area contributed by atoms with Gasteiger partial charge in [0.2, 0.25) is 5.89 Å². The first-order valence-electron chi connectivity index (χ1n) is 8.87. The summed E-state index contributed by atoms with van der Waals surface area (Å²) in [5, 5.41) is 11.2. The van der Waals surface area contributed by atoms with Crippen LogP contribution in [0.4, 0.5) is 6.01 Å². The molecule has 0 unspecified atom stereocenters. The third-order valence-electron chi connectivity index (χ3n) is 3.96. The molecule has 1 N–H and O–H groups in total. The number of benzene rings is 2. The van der Waals surface area contributed by atoms with Gasteiger partial charge in [-0.2, -0.15) is 0 Å². The van der Waals surface area contributed by atoms with Gasteiger partial charge in [-0.3, -0.25) is 10.1 Å². The second kappa shape index (κ2) is 8.39. The van der Waals surface area contributed by atoms with Gasteiger partial charge in [0, 0.05) is 15.7 Å². The van der Waals surface area contributed by atoms with Crippen LogP contribution in [0.1, 0.15) is 46.8 Å². The van der Waals surface area contributed by atoms with Crippen molar-refractivity contribution in [1.82, 2.24) is 10.2 Å². The fourth-order valence-corrected chi connectivity index (χ4v) is 3.58. The van der Waals surface area contributed by atoms with Gasteiger partial charge in [0.1, 0.15) is 0 Å². The summed E-state index contributed by atoms with van der Waals surface area (Å²) in [5.74, 6) is 0.216. The average molecular weight is 382 g/mol. The number of aromatic nitrogens is 2. The lowest BCUT2D eigenvalue weighted by Gasteiger charge is -2.05. The van der Waals surface area contributed by atoms with Crippen molar-refractivity contribution in [3.05, 3.63) is 70.6 Å². The van der Waals surface area contributed by atoms with Gasteiger partial charge in [0.05, 0.1) is 6.42 Å². The van der Waals surface area contributed by atoms with Crippen molar-refractivity contribution in [2.24, 2.45) is 0 Å². The van der Waals surface area contributed by atoms with Crippen LogP contribution in [0.15, 0.2) is 51.8 Å². The summed E-state index contributed by atoms with van der Waals surface area (Å²) in [6.07, 6.45) is 0.527. The second-order valence-electron chi connectivity index (χ2n) is 6.76. The number of rotatable bonds is 6. The van der Waals surface area contributed by atoms with Crippen molar-refractivity contribution in [1.29, 1.82) is 0 Å². The predicted molar refractivity (Wildman–Crippen MR) is 108 cm³/mol. The summed E-state index contributed by atoms with van der Waals surface area (Å²) in [7, 11) is 0. The summed E-state index contributed by atoms with van der Waals surface area (Å²) < 4.78 is 5.58. The van der Waals surface area contributed by atoms with Crippen molar-refractivity contribution < 1.29 is 9.21 Å². The van der Waals surface area contributed by atoms with E-state index in [1.807, 2.05) is 37.7 Å². The molecule has 140 valence electrons. The normalized spacial score (nSPS) is 11.0. The van der Waals surface area contributed by atoms with Crippen LogP contribution in [0, 0.1) is 13.8 Å². The number of carbonyl (C=O) groups excluding carboxylic acids is 1. The quantitative estimate of drug-likeness (QED) is 0.607. The molecule has 2 aromatic carbocycles. The SMILES string of the molecule is Cc1ccc(C(=O)Nc2nnc(Cc3ccc(SC(C)C)cc3)o2)c(C)c1. The molecule has 0 aliphatic carbocycles. The highest BCUT2D eigenvalue weighted by molar-refractivity contribution is 7.99. The number of amides is 1. The fraction of sp³-hybridized carbons (Fsp3) is 0.286. The van der Waals surface area contributed by atoms with Crippen LogP contribution >= 0.6 is 11.8 Å². The molecule has 5 nitrogen and oxygen atoms in total. The molecular weight excluding hydrogens is 358 g/mol. The van der Waals surface area contributed by atoms with E-state index in [2.05, 4.69) is 53.6 Å². The first-order chi connectivity index (χ1) is 12.9. The van der Waals surface area contributed by atoms with Crippen molar-refractivity contribution in [3.63, 3.8) is 0 Å². The Labute approximate surface area is 163 Å². The van der Waals surface area contributed by atoms with Gasteiger partial charge in [0.25, 0.3) is 5.91 Å². The summed E-state index contributed by atoms with van der Waals surface area (Å²) in [6.45, 7) is 8.24. The van der Waals surface area contributed by atoms with E-state index >= 15 is 0 Å². The standard InChI is InChI=1S/C21H23N3O2S/c1-13(2)27-17-8-6-16(7-9-17)12-19-23-24-21(26-19)22-20(25)18-10-5-14(3)11-15(18)4/h5-11,13H,12H2,1-4H3,(H,22,24,25). The Morgan fingerprint density at radius 2 is 1.85 bits per heavy atom. The van der Waals surface area contributed by atoms with E-state index < -0.39 is 0 Å². The van der Waals surface area contributed by atoms with E-state index in [0.717, 1.165) is 16.7 Å². The van der Waals surface area contributed by atoms with Crippen molar-refractivity contribution in [2.75, 3.05) is 5.32 Å². The zero-order chi connectivity index (χ0) is 19.4. The predicted octanol–water partition coefficient (Wildman–Crippen LogP) is 5.03. The summed E-state index contributed by atoms with van der Waals surface area (Å²) in [5.41, 5.74) is 3.70. The molecule has 3 aromatic rings. The zero-order valence-corrected chi connectivity index (χ0v) is 16.8.